The molecule has 1 aromatic rings. The number of carboxylic acids is 1. The summed E-state index contributed by atoms with van der Waals surface area (Å²) in [5, 5.41) is 16.6. The fraction of sp³-hybridized carbons (Fsp3) is 0.643. The maximum absolute atomic E-state index is 11.9. The van der Waals surface area contributed by atoms with Gasteiger partial charge in [0.05, 0.1) is 5.69 Å². The van der Waals surface area contributed by atoms with E-state index in [9.17, 15) is 14.7 Å². The van der Waals surface area contributed by atoms with E-state index in [1.165, 1.54) is 11.3 Å². The molecule has 0 aliphatic rings. The highest BCUT2D eigenvalue weighted by molar-refractivity contribution is 7.13. The maximum atomic E-state index is 11.9. The number of anilines is 1. The first-order valence-electron chi connectivity index (χ1n) is 6.67. The van der Waals surface area contributed by atoms with E-state index in [-0.39, 0.29) is 5.41 Å². The minimum atomic E-state index is -1.06. The molecule has 1 unspecified atom stereocenters. The normalized spacial score (nSPS) is 13.6. The Hall–Kier alpha value is -1.63. The molecule has 7 heteroatoms. The van der Waals surface area contributed by atoms with E-state index in [2.05, 4.69) is 15.6 Å². The van der Waals surface area contributed by atoms with Crippen LogP contribution in [0.5, 0.6) is 0 Å². The number of rotatable bonds is 3. The Morgan fingerprint density at radius 1 is 1.24 bits per heavy atom. The lowest BCUT2D eigenvalue weighted by molar-refractivity contribution is -0.141. The second-order valence-corrected chi connectivity index (χ2v) is 7.88. The molecule has 2 amide bonds. The van der Waals surface area contributed by atoms with Gasteiger partial charge in [-0.3, -0.25) is 5.32 Å². The summed E-state index contributed by atoms with van der Waals surface area (Å²) in [4.78, 5) is 27.5. The third-order valence-electron chi connectivity index (χ3n) is 2.88. The summed E-state index contributed by atoms with van der Waals surface area (Å²) < 4.78 is 0. The molecule has 0 saturated carbocycles. The Morgan fingerprint density at radius 2 is 1.81 bits per heavy atom. The largest absolute Gasteiger partial charge is 0.480 e. The van der Waals surface area contributed by atoms with Crippen molar-refractivity contribution in [1.82, 2.24) is 10.3 Å². The fourth-order valence-electron chi connectivity index (χ4n) is 1.59. The second kappa shape index (κ2) is 6.01. The molecule has 0 saturated heterocycles. The molecule has 21 heavy (non-hydrogen) atoms. The smallest absolute Gasteiger partial charge is 0.326 e. The molecule has 1 aromatic heterocycles. The summed E-state index contributed by atoms with van der Waals surface area (Å²) in [7, 11) is 0. The van der Waals surface area contributed by atoms with E-state index in [1.807, 2.05) is 26.2 Å². The SMILES string of the molecule is CC(C)(C)c1csc(NC(=O)NC(C(=O)O)C(C)(C)C)n1. The molecule has 0 aromatic carbocycles. The number of hydrogen-bond acceptors (Lipinski definition) is 4. The molecule has 1 rings (SSSR count). The number of thiazole rings is 1. The van der Waals surface area contributed by atoms with E-state index >= 15 is 0 Å². The van der Waals surface area contributed by atoms with Crippen LogP contribution in [0.25, 0.3) is 0 Å². The minimum Gasteiger partial charge on any atom is -0.480 e. The maximum Gasteiger partial charge on any atom is 0.326 e. The first-order chi connectivity index (χ1) is 9.41. The molecule has 0 fully saturated rings. The van der Waals surface area contributed by atoms with Crippen molar-refractivity contribution in [2.75, 3.05) is 5.32 Å². The van der Waals surface area contributed by atoms with Crippen LogP contribution in [0, 0.1) is 5.41 Å². The molecule has 0 aliphatic heterocycles. The summed E-state index contributed by atoms with van der Waals surface area (Å²) in [6, 6.07) is -1.54. The average Bonchev–Trinajstić information content (AvgIpc) is 2.72. The van der Waals surface area contributed by atoms with Crippen molar-refractivity contribution in [3.63, 3.8) is 0 Å². The van der Waals surface area contributed by atoms with Crippen LogP contribution < -0.4 is 10.6 Å². The fourth-order valence-corrected chi connectivity index (χ4v) is 2.52. The number of carbonyl (C=O) groups excluding carboxylic acids is 1. The number of nitrogens with zero attached hydrogens (tertiary/aromatic N) is 1. The highest BCUT2D eigenvalue weighted by Gasteiger charge is 2.32. The van der Waals surface area contributed by atoms with Gasteiger partial charge in [0, 0.05) is 10.8 Å². The van der Waals surface area contributed by atoms with E-state index in [1.54, 1.807) is 20.8 Å². The van der Waals surface area contributed by atoms with E-state index < -0.39 is 23.5 Å². The molecular weight excluding hydrogens is 290 g/mol. The van der Waals surface area contributed by atoms with Crippen LogP contribution >= 0.6 is 11.3 Å². The van der Waals surface area contributed by atoms with Gasteiger partial charge in [-0.2, -0.15) is 0 Å². The molecule has 0 spiro atoms. The van der Waals surface area contributed by atoms with E-state index in [0.29, 0.717) is 5.13 Å². The minimum absolute atomic E-state index is 0.0953. The van der Waals surface area contributed by atoms with Gasteiger partial charge in [0.15, 0.2) is 5.13 Å². The number of aromatic nitrogens is 1. The van der Waals surface area contributed by atoms with Crippen LogP contribution in [0.1, 0.15) is 47.2 Å². The van der Waals surface area contributed by atoms with Crippen molar-refractivity contribution in [2.24, 2.45) is 5.41 Å². The zero-order chi connectivity index (χ0) is 16.4. The van der Waals surface area contributed by atoms with Crippen molar-refractivity contribution in [3.8, 4) is 0 Å². The third kappa shape index (κ3) is 5.00. The molecule has 1 heterocycles. The van der Waals surface area contributed by atoms with Crippen molar-refractivity contribution in [3.05, 3.63) is 11.1 Å². The summed E-state index contributed by atoms with van der Waals surface area (Å²) in [6.45, 7) is 11.4. The highest BCUT2D eigenvalue weighted by Crippen LogP contribution is 2.26. The Balaban J connectivity index is 2.73. The molecule has 1 atom stereocenters. The quantitative estimate of drug-likeness (QED) is 0.799. The number of nitrogens with one attached hydrogen (secondary N) is 2. The summed E-state index contributed by atoms with van der Waals surface area (Å²) in [5.41, 5.74) is 0.207. The first-order valence-corrected chi connectivity index (χ1v) is 7.55. The Kier molecular flexibility index (Phi) is 4.99. The third-order valence-corrected chi connectivity index (χ3v) is 3.64. The Bertz CT molecular complexity index is 526. The van der Waals surface area contributed by atoms with E-state index in [0.717, 1.165) is 5.69 Å². The molecule has 3 N–H and O–H groups in total. The first kappa shape index (κ1) is 17.4. The summed E-state index contributed by atoms with van der Waals surface area (Å²) >= 11 is 1.32. The topological polar surface area (TPSA) is 91.3 Å². The van der Waals surface area contributed by atoms with Crippen LogP contribution in [-0.4, -0.2) is 28.1 Å². The summed E-state index contributed by atoms with van der Waals surface area (Å²) in [5.74, 6) is -1.06. The van der Waals surface area contributed by atoms with Gasteiger partial charge < -0.3 is 10.4 Å². The van der Waals surface area contributed by atoms with Crippen LogP contribution in [0.2, 0.25) is 0 Å². The predicted molar refractivity (Wildman–Crippen MR) is 83.8 cm³/mol. The van der Waals surface area contributed by atoms with Gasteiger partial charge >= 0.3 is 12.0 Å². The van der Waals surface area contributed by atoms with Crippen LogP contribution in [0.3, 0.4) is 0 Å². The van der Waals surface area contributed by atoms with Crippen molar-refractivity contribution in [2.45, 2.75) is 53.0 Å². The van der Waals surface area contributed by atoms with Crippen molar-refractivity contribution < 1.29 is 14.7 Å². The van der Waals surface area contributed by atoms with Gasteiger partial charge in [0.2, 0.25) is 0 Å². The van der Waals surface area contributed by atoms with Gasteiger partial charge in [-0.1, -0.05) is 41.5 Å². The van der Waals surface area contributed by atoms with Gasteiger partial charge in [0.25, 0.3) is 0 Å². The zero-order valence-corrected chi connectivity index (χ0v) is 14.1. The average molecular weight is 313 g/mol. The lowest BCUT2D eigenvalue weighted by Crippen LogP contribution is -2.50. The molecule has 118 valence electrons. The number of carbonyl (C=O) groups is 2. The van der Waals surface area contributed by atoms with Crippen molar-refractivity contribution in [1.29, 1.82) is 0 Å². The zero-order valence-electron chi connectivity index (χ0n) is 13.3. The Morgan fingerprint density at radius 3 is 2.19 bits per heavy atom. The van der Waals surface area contributed by atoms with Gasteiger partial charge in [-0.15, -0.1) is 11.3 Å². The lowest BCUT2D eigenvalue weighted by atomic mass is 9.87. The van der Waals surface area contributed by atoms with Crippen LogP contribution in [-0.2, 0) is 10.2 Å². The number of aliphatic carboxylic acids is 1. The second-order valence-electron chi connectivity index (χ2n) is 7.02. The van der Waals surface area contributed by atoms with Crippen LogP contribution in [0.15, 0.2) is 5.38 Å². The standard InChI is InChI=1S/C14H23N3O3S/c1-13(2,3)8-7-21-12(15-8)17-11(20)16-9(10(18)19)14(4,5)6/h7,9H,1-6H3,(H,18,19)(H2,15,16,17,20). The molecule has 0 radical (unpaired) electrons. The summed E-state index contributed by atoms with van der Waals surface area (Å²) in [6.07, 6.45) is 0. The molecular formula is C14H23N3O3S. The monoisotopic (exact) mass is 313 g/mol. The lowest BCUT2D eigenvalue weighted by Gasteiger charge is -2.27. The van der Waals surface area contributed by atoms with Crippen LogP contribution in [0.4, 0.5) is 9.93 Å². The van der Waals surface area contributed by atoms with E-state index in [4.69, 9.17) is 0 Å². The Labute approximate surface area is 129 Å². The number of amides is 2. The molecule has 6 nitrogen and oxygen atoms in total. The van der Waals surface area contributed by atoms with Gasteiger partial charge in [-0.25, -0.2) is 14.6 Å². The van der Waals surface area contributed by atoms with Gasteiger partial charge in [0.1, 0.15) is 6.04 Å². The number of urea groups is 1. The van der Waals surface area contributed by atoms with Crippen molar-refractivity contribution >= 4 is 28.5 Å². The number of hydrogen-bond donors (Lipinski definition) is 3. The highest BCUT2D eigenvalue weighted by atomic mass is 32.1. The predicted octanol–water partition coefficient (Wildman–Crippen LogP) is 3.06. The number of carboxylic acid groups (broad SMARTS) is 1. The molecule has 0 aliphatic carbocycles. The molecule has 0 bridgehead atoms. The van der Waals surface area contributed by atoms with Gasteiger partial charge in [-0.05, 0) is 5.41 Å².